The van der Waals surface area contributed by atoms with Gasteiger partial charge in [-0.3, -0.25) is 0 Å². The van der Waals surface area contributed by atoms with Gasteiger partial charge in [-0.2, -0.15) is 0 Å². The van der Waals surface area contributed by atoms with Crippen LogP contribution in [0.1, 0.15) is 50.6 Å². The van der Waals surface area contributed by atoms with Gasteiger partial charge in [0.2, 0.25) is 0 Å². The molecule has 1 saturated carbocycles. The molecule has 0 heterocycles. The molecule has 0 bridgehead atoms. The second-order valence-electron chi connectivity index (χ2n) is 4.78. The molecule has 1 fully saturated rings. The van der Waals surface area contributed by atoms with Crippen LogP contribution in [0.4, 0.5) is 4.39 Å². The van der Waals surface area contributed by atoms with Crippen LogP contribution in [0.15, 0.2) is 24.3 Å². The summed E-state index contributed by atoms with van der Waals surface area (Å²) in [5.74, 6) is -0.144. The van der Waals surface area contributed by atoms with Crippen LogP contribution in [0.25, 0.3) is 0 Å². The number of benzene rings is 1. The summed E-state index contributed by atoms with van der Waals surface area (Å²) in [6, 6.07) is 7.76. The number of hydrogen-bond donors (Lipinski definition) is 1. The van der Waals surface area contributed by atoms with Gasteiger partial charge in [-0.1, -0.05) is 31.4 Å². The van der Waals surface area contributed by atoms with E-state index in [-0.39, 0.29) is 11.9 Å². The second-order valence-corrected chi connectivity index (χ2v) is 4.78. The maximum absolute atomic E-state index is 13.1. The predicted octanol–water partition coefficient (Wildman–Crippen LogP) is 3.81. The van der Waals surface area contributed by atoms with Crippen molar-refractivity contribution in [1.82, 2.24) is 5.32 Å². The average Bonchev–Trinajstić information content (AvgIpc) is 2.30. The first-order chi connectivity index (χ1) is 7.75. The highest BCUT2D eigenvalue weighted by molar-refractivity contribution is 5.19. The SMILES string of the molecule is C[C@H](NC1CCCCC1)c1cccc(F)c1. The van der Waals surface area contributed by atoms with Gasteiger partial charge in [-0.05, 0) is 37.5 Å². The quantitative estimate of drug-likeness (QED) is 0.818. The van der Waals surface area contributed by atoms with Crippen molar-refractivity contribution in [2.24, 2.45) is 0 Å². The zero-order chi connectivity index (χ0) is 11.4. The highest BCUT2D eigenvalue weighted by atomic mass is 19.1. The van der Waals surface area contributed by atoms with E-state index in [1.807, 2.05) is 6.07 Å². The van der Waals surface area contributed by atoms with E-state index in [4.69, 9.17) is 0 Å². The van der Waals surface area contributed by atoms with E-state index in [0.29, 0.717) is 6.04 Å². The first-order valence-electron chi connectivity index (χ1n) is 6.27. The molecule has 1 atom stereocenters. The molecule has 0 aromatic heterocycles. The molecule has 1 aliphatic rings. The number of rotatable bonds is 3. The second kappa shape index (κ2) is 5.44. The van der Waals surface area contributed by atoms with Crippen molar-refractivity contribution in [3.8, 4) is 0 Å². The van der Waals surface area contributed by atoms with Gasteiger partial charge >= 0.3 is 0 Å². The standard InChI is InChI=1S/C14H20FN/c1-11(12-6-5-7-13(15)10-12)16-14-8-3-2-4-9-14/h5-7,10-11,14,16H,2-4,8-9H2,1H3/t11-/m0/s1. The topological polar surface area (TPSA) is 12.0 Å². The van der Waals surface area contributed by atoms with Gasteiger partial charge < -0.3 is 5.32 Å². The minimum Gasteiger partial charge on any atom is -0.307 e. The fraction of sp³-hybridized carbons (Fsp3) is 0.571. The molecule has 1 aromatic carbocycles. The molecule has 1 aliphatic carbocycles. The largest absolute Gasteiger partial charge is 0.307 e. The summed E-state index contributed by atoms with van der Waals surface area (Å²) >= 11 is 0. The van der Waals surface area contributed by atoms with Gasteiger partial charge in [0.15, 0.2) is 0 Å². The number of halogens is 1. The van der Waals surface area contributed by atoms with E-state index in [0.717, 1.165) is 5.56 Å². The first-order valence-corrected chi connectivity index (χ1v) is 6.27. The van der Waals surface area contributed by atoms with Crippen LogP contribution in [0.2, 0.25) is 0 Å². The van der Waals surface area contributed by atoms with Crippen LogP contribution < -0.4 is 5.32 Å². The Labute approximate surface area is 97.1 Å². The third-order valence-corrected chi connectivity index (χ3v) is 3.44. The van der Waals surface area contributed by atoms with Crippen molar-refractivity contribution in [3.63, 3.8) is 0 Å². The fourth-order valence-electron chi connectivity index (χ4n) is 2.49. The Morgan fingerprint density at radius 1 is 1.25 bits per heavy atom. The monoisotopic (exact) mass is 221 g/mol. The Morgan fingerprint density at radius 3 is 2.69 bits per heavy atom. The van der Waals surface area contributed by atoms with Gasteiger partial charge in [-0.25, -0.2) is 4.39 Å². The van der Waals surface area contributed by atoms with Crippen molar-refractivity contribution >= 4 is 0 Å². The average molecular weight is 221 g/mol. The summed E-state index contributed by atoms with van der Waals surface area (Å²) in [6.45, 7) is 2.11. The molecular weight excluding hydrogens is 201 g/mol. The molecule has 0 saturated heterocycles. The lowest BCUT2D eigenvalue weighted by molar-refractivity contribution is 0.346. The van der Waals surface area contributed by atoms with Crippen LogP contribution in [-0.4, -0.2) is 6.04 Å². The van der Waals surface area contributed by atoms with Gasteiger partial charge in [0.1, 0.15) is 5.82 Å². The normalized spacial score (nSPS) is 19.6. The molecule has 2 rings (SSSR count). The maximum atomic E-state index is 13.1. The molecule has 0 aliphatic heterocycles. The Morgan fingerprint density at radius 2 is 2.00 bits per heavy atom. The van der Waals surface area contributed by atoms with Gasteiger partial charge in [-0.15, -0.1) is 0 Å². The highest BCUT2D eigenvalue weighted by Crippen LogP contribution is 2.21. The lowest BCUT2D eigenvalue weighted by Gasteiger charge is -2.26. The van der Waals surface area contributed by atoms with Crippen molar-refractivity contribution in [2.45, 2.75) is 51.1 Å². The lowest BCUT2D eigenvalue weighted by Crippen LogP contribution is -2.33. The summed E-state index contributed by atoms with van der Waals surface area (Å²) in [4.78, 5) is 0. The first kappa shape index (κ1) is 11.6. The summed E-state index contributed by atoms with van der Waals surface area (Å²) in [6.07, 6.45) is 6.55. The minimum atomic E-state index is -0.144. The highest BCUT2D eigenvalue weighted by Gasteiger charge is 2.16. The molecule has 88 valence electrons. The van der Waals surface area contributed by atoms with E-state index < -0.39 is 0 Å². The van der Waals surface area contributed by atoms with Crippen molar-refractivity contribution in [3.05, 3.63) is 35.6 Å². The van der Waals surface area contributed by atoms with E-state index in [1.54, 1.807) is 12.1 Å². The van der Waals surface area contributed by atoms with E-state index in [2.05, 4.69) is 12.2 Å². The molecule has 1 aromatic rings. The molecule has 2 heteroatoms. The van der Waals surface area contributed by atoms with Crippen molar-refractivity contribution in [2.75, 3.05) is 0 Å². The Bertz CT molecular complexity index is 331. The van der Waals surface area contributed by atoms with Gasteiger partial charge in [0.25, 0.3) is 0 Å². The predicted molar refractivity (Wildman–Crippen MR) is 64.8 cm³/mol. The number of nitrogens with one attached hydrogen (secondary N) is 1. The fourth-order valence-corrected chi connectivity index (χ4v) is 2.49. The van der Waals surface area contributed by atoms with E-state index in [1.165, 1.54) is 38.2 Å². The summed E-state index contributed by atoms with van der Waals surface area (Å²) in [7, 11) is 0. The molecule has 0 unspecified atom stereocenters. The molecule has 0 radical (unpaired) electrons. The van der Waals surface area contributed by atoms with Gasteiger partial charge in [0, 0.05) is 12.1 Å². The zero-order valence-corrected chi connectivity index (χ0v) is 9.88. The number of hydrogen-bond acceptors (Lipinski definition) is 1. The van der Waals surface area contributed by atoms with Crippen molar-refractivity contribution in [1.29, 1.82) is 0 Å². The maximum Gasteiger partial charge on any atom is 0.123 e. The van der Waals surface area contributed by atoms with Crippen molar-refractivity contribution < 1.29 is 4.39 Å². The Balaban J connectivity index is 1.94. The Kier molecular flexibility index (Phi) is 3.94. The zero-order valence-electron chi connectivity index (χ0n) is 9.88. The summed E-state index contributed by atoms with van der Waals surface area (Å²) in [5, 5.41) is 3.60. The molecule has 0 spiro atoms. The molecule has 16 heavy (non-hydrogen) atoms. The van der Waals surface area contributed by atoms with E-state index in [9.17, 15) is 4.39 Å². The van der Waals surface area contributed by atoms with Gasteiger partial charge in [0.05, 0.1) is 0 Å². The molecular formula is C14H20FN. The molecule has 1 nitrogen and oxygen atoms in total. The lowest BCUT2D eigenvalue weighted by atomic mass is 9.94. The van der Waals surface area contributed by atoms with Crippen LogP contribution >= 0.6 is 0 Å². The summed E-state index contributed by atoms with van der Waals surface area (Å²) < 4.78 is 13.1. The third kappa shape index (κ3) is 3.05. The smallest absolute Gasteiger partial charge is 0.123 e. The molecule has 1 N–H and O–H groups in total. The van der Waals surface area contributed by atoms with Crippen LogP contribution in [0, 0.1) is 5.82 Å². The van der Waals surface area contributed by atoms with Crippen LogP contribution in [0.5, 0.6) is 0 Å². The van der Waals surface area contributed by atoms with Crippen LogP contribution in [0.3, 0.4) is 0 Å². The van der Waals surface area contributed by atoms with Crippen LogP contribution in [-0.2, 0) is 0 Å². The molecule has 0 amide bonds. The minimum absolute atomic E-state index is 0.144. The third-order valence-electron chi connectivity index (χ3n) is 3.44. The van der Waals surface area contributed by atoms with E-state index >= 15 is 0 Å². The Hall–Kier alpha value is -0.890. The summed E-state index contributed by atoms with van der Waals surface area (Å²) in [5.41, 5.74) is 1.05.